The number of aliphatic carboxylic acids is 1. The Morgan fingerprint density at radius 2 is 1.43 bits per heavy atom. The van der Waals surface area contributed by atoms with Gasteiger partial charge in [-0.3, -0.25) is 4.79 Å². The average molecular weight is 475 g/mol. The molecule has 8 heteroatoms. The fourth-order valence-electron chi connectivity index (χ4n) is 4.30. The first-order valence-corrected chi connectivity index (χ1v) is 11.2. The minimum absolute atomic E-state index is 0.0877. The topological polar surface area (TPSA) is 114 Å². The van der Waals surface area contributed by atoms with Crippen molar-refractivity contribution in [3.8, 4) is 11.1 Å². The van der Waals surface area contributed by atoms with Gasteiger partial charge in [-0.25, -0.2) is 9.59 Å². The Morgan fingerprint density at radius 3 is 2.00 bits per heavy atom. The lowest BCUT2D eigenvalue weighted by molar-refractivity contribution is -0.143. The first kappa shape index (κ1) is 24.0. The van der Waals surface area contributed by atoms with Crippen molar-refractivity contribution in [1.29, 1.82) is 0 Å². The maximum absolute atomic E-state index is 13.0. The molecule has 180 valence electrons. The van der Waals surface area contributed by atoms with Crippen LogP contribution in [0.15, 0.2) is 78.9 Å². The van der Waals surface area contributed by atoms with E-state index in [1.807, 2.05) is 48.5 Å². The van der Waals surface area contributed by atoms with E-state index in [0.717, 1.165) is 22.3 Å². The molecular formula is C27H26N2O6. The van der Waals surface area contributed by atoms with Crippen molar-refractivity contribution in [1.82, 2.24) is 10.6 Å². The number of carbonyl (C=O) groups excluding carboxylic acids is 2. The Kier molecular flexibility index (Phi) is 7.42. The van der Waals surface area contributed by atoms with Crippen LogP contribution in [0.2, 0.25) is 0 Å². The molecule has 1 aliphatic carbocycles. The van der Waals surface area contributed by atoms with E-state index in [4.69, 9.17) is 9.47 Å². The van der Waals surface area contributed by atoms with Gasteiger partial charge in [0.05, 0.1) is 6.61 Å². The first-order valence-electron chi connectivity index (χ1n) is 11.2. The Bertz CT molecular complexity index is 1170. The molecule has 4 rings (SSSR count). The van der Waals surface area contributed by atoms with Gasteiger partial charge >= 0.3 is 12.1 Å². The number of ether oxygens (including phenoxy) is 2. The van der Waals surface area contributed by atoms with Gasteiger partial charge in [-0.1, -0.05) is 78.9 Å². The van der Waals surface area contributed by atoms with Gasteiger partial charge in [-0.15, -0.1) is 0 Å². The number of nitrogens with one attached hydrogen (secondary N) is 2. The van der Waals surface area contributed by atoms with Gasteiger partial charge in [0, 0.05) is 13.0 Å². The second-order valence-corrected chi connectivity index (χ2v) is 8.17. The van der Waals surface area contributed by atoms with Crippen LogP contribution in [0.3, 0.4) is 0 Å². The van der Waals surface area contributed by atoms with Crippen LogP contribution in [-0.4, -0.2) is 49.4 Å². The molecule has 8 nitrogen and oxygen atoms in total. The molecule has 0 bridgehead atoms. The minimum Gasteiger partial charge on any atom is -0.480 e. The van der Waals surface area contributed by atoms with Gasteiger partial charge < -0.3 is 25.2 Å². The van der Waals surface area contributed by atoms with E-state index in [0.29, 0.717) is 5.56 Å². The second kappa shape index (κ2) is 10.8. The third-order valence-corrected chi connectivity index (χ3v) is 5.95. The number of methoxy groups -OCH3 is 1. The monoisotopic (exact) mass is 474 g/mol. The lowest BCUT2D eigenvalue weighted by Gasteiger charge is -2.22. The number of hydrogen-bond acceptors (Lipinski definition) is 5. The summed E-state index contributed by atoms with van der Waals surface area (Å²) in [4.78, 5) is 37.2. The van der Waals surface area contributed by atoms with Crippen LogP contribution in [0.4, 0.5) is 4.79 Å². The SMILES string of the molecule is COC[C@H](NC(=O)[C@H](NC(=O)OCC1c2ccccc2-c2ccccc21)c1ccccc1)C(=O)O. The molecule has 2 amide bonds. The van der Waals surface area contributed by atoms with E-state index < -0.39 is 30.1 Å². The fraction of sp³-hybridized carbons (Fsp3) is 0.222. The predicted molar refractivity (Wildman–Crippen MR) is 129 cm³/mol. The summed E-state index contributed by atoms with van der Waals surface area (Å²) in [5, 5.41) is 14.3. The molecule has 2 atom stereocenters. The van der Waals surface area contributed by atoms with Crippen LogP contribution < -0.4 is 10.6 Å². The third kappa shape index (κ3) is 5.33. The molecule has 0 saturated carbocycles. The molecule has 0 aromatic heterocycles. The Hall–Kier alpha value is -4.17. The number of hydrogen-bond donors (Lipinski definition) is 3. The Morgan fingerprint density at radius 1 is 0.857 bits per heavy atom. The number of alkyl carbamates (subject to hydrolysis) is 1. The molecule has 3 aromatic rings. The Balaban J connectivity index is 1.48. The van der Waals surface area contributed by atoms with Crippen molar-refractivity contribution >= 4 is 18.0 Å². The molecule has 0 fully saturated rings. The number of carboxylic acid groups (broad SMARTS) is 1. The van der Waals surface area contributed by atoms with E-state index in [1.165, 1.54) is 7.11 Å². The molecule has 0 aliphatic heterocycles. The highest BCUT2D eigenvalue weighted by atomic mass is 16.5. The number of rotatable bonds is 9. The van der Waals surface area contributed by atoms with Gasteiger partial charge in [0.1, 0.15) is 12.6 Å². The summed E-state index contributed by atoms with van der Waals surface area (Å²) in [6.45, 7) is -0.127. The standard InChI is InChI=1S/C27H26N2O6/c1-34-16-23(26(31)32)28-25(30)24(17-9-3-2-4-10-17)29-27(33)35-15-22-20-13-7-5-11-18(20)19-12-6-8-14-21(19)22/h2-14,22-24H,15-16H2,1H3,(H,28,30)(H,29,33)(H,31,32)/t23-,24+/m0/s1. The van der Waals surface area contributed by atoms with E-state index in [-0.39, 0.29) is 19.1 Å². The highest BCUT2D eigenvalue weighted by Gasteiger charge is 2.31. The van der Waals surface area contributed by atoms with Gasteiger partial charge in [-0.05, 0) is 27.8 Å². The summed E-state index contributed by atoms with van der Waals surface area (Å²) < 4.78 is 10.4. The highest BCUT2D eigenvalue weighted by molar-refractivity contribution is 5.90. The van der Waals surface area contributed by atoms with E-state index >= 15 is 0 Å². The zero-order valence-electron chi connectivity index (χ0n) is 19.1. The molecule has 0 heterocycles. The third-order valence-electron chi connectivity index (χ3n) is 5.95. The van der Waals surface area contributed by atoms with E-state index in [2.05, 4.69) is 10.6 Å². The van der Waals surface area contributed by atoms with Crippen molar-refractivity contribution in [2.24, 2.45) is 0 Å². The van der Waals surface area contributed by atoms with Crippen LogP contribution in [0.5, 0.6) is 0 Å². The predicted octanol–water partition coefficient (Wildman–Crippen LogP) is 3.48. The van der Waals surface area contributed by atoms with E-state index in [1.54, 1.807) is 30.3 Å². The molecule has 3 aromatic carbocycles. The zero-order chi connectivity index (χ0) is 24.8. The summed E-state index contributed by atoms with van der Waals surface area (Å²) in [6.07, 6.45) is -0.783. The molecule has 1 aliphatic rings. The van der Waals surface area contributed by atoms with Crippen molar-refractivity contribution in [3.05, 3.63) is 95.6 Å². The second-order valence-electron chi connectivity index (χ2n) is 8.17. The summed E-state index contributed by atoms with van der Waals surface area (Å²) in [6, 6.07) is 22.1. The minimum atomic E-state index is -1.26. The average Bonchev–Trinajstić information content (AvgIpc) is 3.20. The number of fused-ring (bicyclic) bond motifs is 3. The highest BCUT2D eigenvalue weighted by Crippen LogP contribution is 2.44. The van der Waals surface area contributed by atoms with Crippen LogP contribution in [0.1, 0.15) is 28.7 Å². The van der Waals surface area contributed by atoms with Gasteiger partial charge in [0.15, 0.2) is 6.04 Å². The van der Waals surface area contributed by atoms with Crippen LogP contribution in [0.25, 0.3) is 11.1 Å². The molecule has 0 radical (unpaired) electrons. The molecule has 3 N–H and O–H groups in total. The first-order chi connectivity index (χ1) is 17.0. The maximum Gasteiger partial charge on any atom is 0.408 e. The largest absolute Gasteiger partial charge is 0.480 e. The number of carboxylic acids is 1. The molecule has 0 saturated heterocycles. The summed E-state index contributed by atoms with van der Waals surface area (Å²) in [5.41, 5.74) is 4.85. The summed E-state index contributed by atoms with van der Waals surface area (Å²) >= 11 is 0. The van der Waals surface area contributed by atoms with Gasteiger partial charge in [-0.2, -0.15) is 0 Å². The van der Waals surface area contributed by atoms with Gasteiger partial charge in [0.2, 0.25) is 5.91 Å². The quantitative estimate of drug-likeness (QED) is 0.438. The van der Waals surface area contributed by atoms with Crippen molar-refractivity contribution in [2.45, 2.75) is 18.0 Å². The smallest absolute Gasteiger partial charge is 0.408 e. The van der Waals surface area contributed by atoms with Crippen molar-refractivity contribution in [3.63, 3.8) is 0 Å². The zero-order valence-corrected chi connectivity index (χ0v) is 19.1. The normalized spacial score (nSPS) is 13.7. The van der Waals surface area contributed by atoms with Crippen LogP contribution in [0, 0.1) is 0 Å². The van der Waals surface area contributed by atoms with Crippen LogP contribution in [-0.2, 0) is 19.1 Å². The summed E-state index contributed by atoms with van der Waals surface area (Å²) in [7, 11) is 1.34. The number of carbonyl (C=O) groups is 3. The molecular weight excluding hydrogens is 448 g/mol. The van der Waals surface area contributed by atoms with E-state index in [9.17, 15) is 19.5 Å². The number of benzene rings is 3. The maximum atomic E-state index is 13.0. The summed E-state index contributed by atoms with van der Waals surface area (Å²) in [5.74, 6) is -2.06. The van der Waals surface area contributed by atoms with Crippen molar-refractivity contribution < 1.29 is 29.0 Å². The lowest BCUT2D eigenvalue weighted by atomic mass is 9.98. The lowest BCUT2D eigenvalue weighted by Crippen LogP contribution is -2.49. The molecule has 35 heavy (non-hydrogen) atoms. The molecule has 0 spiro atoms. The Labute approximate surface area is 202 Å². The van der Waals surface area contributed by atoms with Crippen LogP contribution >= 0.6 is 0 Å². The fourth-order valence-corrected chi connectivity index (χ4v) is 4.30. The van der Waals surface area contributed by atoms with Crippen molar-refractivity contribution in [2.75, 3.05) is 20.3 Å². The van der Waals surface area contributed by atoms with Gasteiger partial charge in [0.25, 0.3) is 0 Å². The number of amides is 2. The molecule has 0 unspecified atom stereocenters.